The smallest absolute Gasteiger partial charge is 0.0985 e. The number of pyridine rings is 1. The van der Waals surface area contributed by atoms with Gasteiger partial charge in [0, 0.05) is 50.8 Å². The fourth-order valence-corrected chi connectivity index (χ4v) is 6.82. The molecule has 6 aromatic carbocycles. The van der Waals surface area contributed by atoms with E-state index in [1.165, 1.54) is 5.39 Å². The molecule has 0 unspecified atom stereocenters. The van der Waals surface area contributed by atoms with E-state index in [1.807, 2.05) is 0 Å². The highest BCUT2D eigenvalue weighted by atomic mass is 15.1. The largest absolute Gasteiger partial charge is 0.310 e. The van der Waals surface area contributed by atoms with Gasteiger partial charge in [0.15, 0.2) is 0 Å². The number of nitrogens with zero attached hydrogens (tertiary/aromatic N) is 4. The van der Waals surface area contributed by atoms with Gasteiger partial charge in [-0.2, -0.15) is 0 Å². The van der Waals surface area contributed by atoms with Crippen LogP contribution in [0.25, 0.3) is 55.1 Å². The SMILES string of the molecule is c1ccc(N(c2ccccc2)c2cccc(-n3c4ccccc4c4ncc5c6ccccc6n(-c6ccccc6)c5c43)c2)cc1. The number of fused-ring (bicyclic) bond motifs is 7. The second-order valence-corrected chi connectivity index (χ2v) is 11.3. The molecule has 0 fully saturated rings. The predicted molar refractivity (Wildman–Crippen MR) is 188 cm³/mol. The number of aromatic nitrogens is 3. The van der Waals surface area contributed by atoms with Crippen molar-refractivity contribution in [1.29, 1.82) is 0 Å². The number of hydrogen-bond donors (Lipinski definition) is 0. The van der Waals surface area contributed by atoms with Gasteiger partial charge in [0.2, 0.25) is 0 Å². The van der Waals surface area contributed by atoms with Crippen LogP contribution in [-0.4, -0.2) is 14.1 Å². The molecular weight excluding hydrogens is 548 g/mol. The summed E-state index contributed by atoms with van der Waals surface area (Å²) in [4.78, 5) is 7.46. The Balaban J connectivity index is 1.39. The first kappa shape index (κ1) is 25.4. The summed E-state index contributed by atoms with van der Waals surface area (Å²) < 4.78 is 4.80. The van der Waals surface area contributed by atoms with E-state index in [0.29, 0.717) is 0 Å². The van der Waals surface area contributed by atoms with Crippen molar-refractivity contribution in [3.63, 3.8) is 0 Å². The van der Waals surface area contributed by atoms with E-state index in [9.17, 15) is 0 Å². The maximum Gasteiger partial charge on any atom is 0.0985 e. The Morgan fingerprint density at radius 2 is 0.911 bits per heavy atom. The van der Waals surface area contributed by atoms with Crippen LogP contribution in [0.5, 0.6) is 0 Å². The number of para-hydroxylation sites is 5. The highest BCUT2D eigenvalue weighted by Crippen LogP contribution is 2.42. The molecule has 0 spiro atoms. The van der Waals surface area contributed by atoms with Gasteiger partial charge in [-0.1, -0.05) is 97.1 Å². The topological polar surface area (TPSA) is 26.0 Å². The minimum atomic E-state index is 0.992. The zero-order chi connectivity index (χ0) is 29.7. The summed E-state index contributed by atoms with van der Waals surface area (Å²) in [7, 11) is 0. The van der Waals surface area contributed by atoms with Gasteiger partial charge in [0.05, 0.1) is 27.6 Å². The van der Waals surface area contributed by atoms with E-state index < -0.39 is 0 Å². The van der Waals surface area contributed by atoms with Gasteiger partial charge >= 0.3 is 0 Å². The van der Waals surface area contributed by atoms with Crippen molar-refractivity contribution in [2.24, 2.45) is 0 Å². The van der Waals surface area contributed by atoms with Gasteiger partial charge < -0.3 is 14.0 Å². The lowest BCUT2D eigenvalue weighted by Crippen LogP contribution is -2.10. The summed E-state index contributed by atoms with van der Waals surface area (Å²) >= 11 is 0. The standard InChI is InChI=1S/C41H28N4/c1-4-15-29(16-5-1)43(30-17-6-2-7-18-30)32-21-14-22-33(27-32)45-38-26-13-11-24-35(38)39-41(45)40-36(28-42-39)34-23-10-12-25-37(34)44(40)31-19-8-3-9-20-31/h1-28H. The van der Waals surface area contributed by atoms with Crippen molar-refractivity contribution in [2.45, 2.75) is 0 Å². The quantitative estimate of drug-likeness (QED) is 0.204. The Hall–Kier alpha value is -6.13. The van der Waals surface area contributed by atoms with E-state index in [4.69, 9.17) is 4.98 Å². The van der Waals surface area contributed by atoms with E-state index >= 15 is 0 Å². The molecule has 0 atom stereocenters. The molecule has 9 rings (SSSR count). The van der Waals surface area contributed by atoms with Crippen LogP contribution in [0.1, 0.15) is 0 Å². The van der Waals surface area contributed by atoms with Crippen LogP contribution < -0.4 is 4.90 Å². The second-order valence-electron chi connectivity index (χ2n) is 11.3. The van der Waals surface area contributed by atoms with Crippen LogP contribution in [0.3, 0.4) is 0 Å². The van der Waals surface area contributed by atoms with Crippen molar-refractivity contribution in [3.05, 3.63) is 170 Å². The molecule has 9 aromatic rings. The molecule has 0 bridgehead atoms. The first-order valence-corrected chi connectivity index (χ1v) is 15.2. The fourth-order valence-electron chi connectivity index (χ4n) is 6.82. The maximum atomic E-state index is 5.15. The summed E-state index contributed by atoms with van der Waals surface area (Å²) in [6.45, 7) is 0. The average molecular weight is 577 g/mol. The first-order valence-electron chi connectivity index (χ1n) is 15.2. The predicted octanol–water partition coefficient (Wildman–Crippen LogP) is 10.7. The van der Waals surface area contributed by atoms with E-state index in [1.54, 1.807) is 0 Å². The molecule has 0 saturated carbocycles. The Kier molecular flexibility index (Phi) is 5.78. The summed E-state index contributed by atoms with van der Waals surface area (Å²) in [5, 5.41) is 3.46. The molecule has 0 aliphatic carbocycles. The molecule has 0 N–H and O–H groups in total. The summed E-state index contributed by atoms with van der Waals surface area (Å²) in [5.74, 6) is 0. The van der Waals surface area contributed by atoms with E-state index in [-0.39, 0.29) is 0 Å². The molecule has 0 radical (unpaired) electrons. The number of rotatable bonds is 5. The van der Waals surface area contributed by atoms with Crippen molar-refractivity contribution < 1.29 is 0 Å². The Labute approximate surface area is 260 Å². The van der Waals surface area contributed by atoms with Gasteiger partial charge in [0.1, 0.15) is 0 Å². The van der Waals surface area contributed by atoms with Crippen LogP contribution in [0.4, 0.5) is 17.1 Å². The lowest BCUT2D eigenvalue weighted by atomic mass is 10.1. The molecule has 45 heavy (non-hydrogen) atoms. The third-order valence-electron chi connectivity index (χ3n) is 8.70. The Morgan fingerprint density at radius 1 is 0.400 bits per heavy atom. The second kappa shape index (κ2) is 10.2. The Morgan fingerprint density at radius 3 is 1.60 bits per heavy atom. The average Bonchev–Trinajstić information content (AvgIpc) is 3.63. The maximum absolute atomic E-state index is 5.15. The lowest BCUT2D eigenvalue weighted by Gasteiger charge is -2.26. The highest BCUT2D eigenvalue weighted by molar-refractivity contribution is 6.22. The van der Waals surface area contributed by atoms with Crippen LogP contribution in [0.15, 0.2) is 170 Å². The molecule has 4 heteroatoms. The van der Waals surface area contributed by atoms with Gasteiger partial charge in [-0.05, 0) is 66.7 Å². The van der Waals surface area contributed by atoms with Gasteiger partial charge in [-0.25, -0.2) is 0 Å². The van der Waals surface area contributed by atoms with E-state index in [0.717, 1.165) is 66.8 Å². The summed E-state index contributed by atoms with van der Waals surface area (Å²) in [6.07, 6.45) is 2.05. The zero-order valence-corrected chi connectivity index (χ0v) is 24.5. The molecule has 212 valence electrons. The molecule has 3 aromatic heterocycles. The van der Waals surface area contributed by atoms with Crippen molar-refractivity contribution in [1.82, 2.24) is 14.1 Å². The molecule has 3 heterocycles. The third kappa shape index (κ3) is 3.96. The van der Waals surface area contributed by atoms with Crippen molar-refractivity contribution in [2.75, 3.05) is 4.90 Å². The number of hydrogen-bond acceptors (Lipinski definition) is 2. The van der Waals surface area contributed by atoms with Crippen molar-refractivity contribution >= 4 is 60.8 Å². The van der Waals surface area contributed by atoms with Crippen LogP contribution in [0.2, 0.25) is 0 Å². The highest BCUT2D eigenvalue weighted by Gasteiger charge is 2.22. The molecule has 0 aliphatic rings. The summed E-state index contributed by atoms with van der Waals surface area (Å²) in [5.41, 5.74) is 11.0. The minimum Gasteiger partial charge on any atom is -0.310 e. The Bertz CT molecular complexity index is 2440. The van der Waals surface area contributed by atoms with Gasteiger partial charge in [0.25, 0.3) is 0 Å². The molecule has 4 nitrogen and oxygen atoms in total. The molecule has 0 saturated heterocycles. The number of anilines is 3. The molecule has 0 aliphatic heterocycles. The first-order chi connectivity index (χ1) is 22.4. The normalized spacial score (nSPS) is 11.6. The third-order valence-corrected chi connectivity index (χ3v) is 8.70. The summed E-state index contributed by atoms with van der Waals surface area (Å²) in [6, 6.07) is 57.9. The van der Waals surface area contributed by atoms with Crippen LogP contribution >= 0.6 is 0 Å². The lowest BCUT2D eigenvalue weighted by molar-refractivity contribution is 1.14. The van der Waals surface area contributed by atoms with E-state index in [2.05, 4.69) is 184 Å². The number of benzene rings is 6. The molecular formula is C41H28N4. The van der Waals surface area contributed by atoms with Crippen LogP contribution in [-0.2, 0) is 0 Å². The minimum absolute atomic E-state index is 0.992. The molecule has 0 amide bonds. The monoisotopic (exact) mass is 576 g/mol. The van der Waals surface area contributed by atoms with Gasteiger partial charge in [-0.15, -0.1) is 0 Å². The fraction of sp³-hybridized carbons (Fsp3) is 0. The zero-order valence-electron chi connectivity index (χ0n) is 24.5. The van der Waals surface area contributed by atoms with Gasteiger partial charge in [-0.3, -0.25) is 4.98 Å². The van der Waals surface area contributed by atoms with Crippen LogP contribution in [0, 0.1) is 0 Å². The van der Waals surface area contributed by atoms with Crippen molar-refractivity contribution in [3.8, 4) is 11.4 Å².